The van der Waals surface area contributed by atoms with E-state index < -0.39 is 0 Å². The van der Waals surface area contributed by atoms with E-state index in [-0.39, 0.29) is 0 Å². The summed E-state index contributed by atoms with van der Waals surface area (Å²) in [6.07, 6.45) is 6.21. The lowest BCUT2D eigenvalue weighted by Gasteiger charge is -2.31. The van der Waals surface area contributed by atoms with E-state index >= 15 is 0 Å². The average Bonchev–Trinajstić information content (AvgIpc) is 2.64. The first-order valence-corrected chi connectivity index (χ1v) is 6.64. The molecule has 3 fully saturated rings. The highest BCUT2D eigenvalue weighted by Crippen LogP contribution is 2.64. The highest BCUT2D eigenvalue weighted by molar-refractivity contribution is 8.21. The molecule has 0 aromatic carbocycles. The zero-order valence-corrected chi connectivity index (χ0v) is 8.35. The number of hydrogen-bond acceptors (Lipinski definition) is 2. The van der Waals surface area contributed by atoms with E-state index in [9.17, 15) is 0 Å². The Morgan fingerprint density at radius 1 is 1.09 bits per heavy atom. The van der Waals surface area contributed by atoms with Crippen molar-refractivity contribution in [1.82, 2.24) is 0 Å². The lowest BCUT2D eigenvalue weighted by molar-refractivity contribution is 0.469. The largest absolute Gasteiger partial charge is 0.143 e. The average molecular weight is 186 g/mol. The van der Waals surface area contributed by atoms with Gasteiger partial charge in [-0.25, -0.2) is 0 Å². The molecular weight excluding hydrogens is 172 g/mol. The molecule has 3 rings (SSSR count). The lowest BCUT2D eigenvalue weighted by atomic mass is 10.00. The number of rotatable bonds is 0. The van der Waals surface area contributed by atoms with Crippen LogP contribution < -0.4 is 0 Å². The predicted octanol–water partition coefficient (Wildman–Crippen LogP) is 2.98. The van der Waals surface area contributed by atoms with Crippen molar-refractivity contribution in [3.05, 3.63) is 0 Å². The number of thioether (sulfide) groups is 2. The van der Waals surface area contributed by atoms with Gasteiger partial charge in [0.25, 0.3) is 0 Å². The summed E-state index contributed by atoms with van der Waals surface area (Å²) in [7, 11) is 0. The fourth-order valence-corrected chi connectivity index (χ4v) is 6.85. The number of fused-ring (bicyclic) bond motifs is 3. The van der Waals surface area contributed by atoms with Gasteiger partial charge in [0.1, 0.15) is 0 Å². The molecular formula is C9H14S2. The zero-order valence-electron chi connectivity index (χ0n) is 6.71. The molecule has 2 heteroatoms. The van der Waals surface area contributed by atoms with Crippen LogP contribution in [0.4, 0.5) is 0 Å². The standard InChI is InChI=1S/C9H14S2/c1-2-8-5-7(1)6-9(8)10-3-4-11-9/h7-8H,1-6H2. The van der Waals surface area contributed by atoms with Crippen molar-refractivity contribution in [2.45, 2.75) is 29.8 Å². The normalized spacial score (nSPS) is 45.8. The maximum Gasteiger partial charge on any atom is 0.0642 e. The Morgan fingerprint density at radius 2 is 1.91 bits per heavy atom. The first kappa shape index (κ1) is 7.14. The van der Waals surface area contributed by atoms with Gasteiger partial charge in [0, 0.05) is 11.5 Å². The molecule has 62 valence electrons. The van der Waals surface area contributed by atoms with Gasteiger partial charge in [-0.3, -0.25) is 0 Å². The van der Waals surface area contributed by atoms with Gasteiger partial charge in [-0.1, -0.05) is 6.42 Å². The minimum absolute atomic E-state index is 0.739. The Hall–Kier alpha value is 0.700. The van der Waals surface area contributed by atoms with Crippen LogP contribution in [-0.4, -0.2) is 15.6 Å². The third-order valence-corrected chi connectivity index (χ3v) is 7.27. The molecule has 2 saturated carbocycles. The third kappa shape index (κ3) is 0.918. The van der Waals surface area contributed by atoms with Crippen molar-refractivity contribution >= 4 is 23.5 Å². The summed E-state index contributed by atoms with van der Waals surface area (Å²) in [5.74, 6) is 5.07. The van der Waals surface area contributed by atoms with E-state index in [0.29, 0.717) is 0 Å². The van der Waals surface area contributed by atoms with Crippen molar-refractivity contribution in [1.29, 1.82) is 0 Å². The smallest absolute Gasteiger partial charge is 0.0642 e. The second-order valence-corrected chi connectivity index (χ2v) is 7.20. The van der Waals surface area contributed by atoms with Crippen molar-refractivity contribution in [2.24, 2.45) is 11.8 Å². The van der Waals surface area contributed by atoms with Crippen LogP contribution in [0.1, 0.15) is 25.7 Å². The molecule has 0 amide bonds. The molecule has 1 saturated heterocycles. The molecule has 1 spiro atoms. The lowest BCUT2D eigenvalue weighted by Crippen LogP contribution is -2.24. The van der Waals surface area contributed by atoms with Gasteiger partial charge >= 0.3 is 0 Å². The van der Waals surface area contributed by atoms with Gasteiger partial charge in [0.2, 0.25) is 0 Å². The van der Waals surface area contributed by atoms with Crippen molar-refractivity contribution in [3.8, 4) is 0 Å². The van der Waals surface area contributed by atoms with Crippen LogP contribution in [0, 0.1) is 11.8 Å². The van der Waals surface area contributed by atoms with Gasteiger partial charge < -0.3 is 0 Å². The van der Waals surface area contributed by atoms with Crippen LogP contribution in [0.3, 0.4) is 0 Å². The molecule has 0 N–H and O–H groups in total. The maximum absolute atomic E-state index is 2.28. The summed E-state index contributed by atoms with van der Waals surface area (Å²) in [6, 6.07) is 0. The Labute approximate surface area is 76.9 Å². The summed E-state index contributed by atoms with van der Waals surface area (Å²) >= 11 is 4.56. The van der Waals surface area contributed by atoms with Gasteiger partial charge in [0.15, 0.2) is 0 Å². The Bertz CT molecular complexity index is 172. The summed E-state index contributed by atoms with van der Waals surface area (Å²) in [4.78, 5) is 0. The van der Waals surface area contributed by atoms with E-state index in [1.54, 1.807) is 25.7 Å². The van der Waals surface area contributed by atoms with Crippen LogP contribution in [0.2, 0.25) is 0 Å². The van der Waals surface area contributed by atoms with Crippen LogP contribution >= 0.6 is 23.5 Å². The van der Waals surface area contributed by atoms with E-state index in [1.165, 1.54) is 11.5 Å². The first-order valence-electron chi connectivity index (χ1n) is 4.67. The third-order valence-electron chi connectivity index (χ3n) is 3.51. The van der Waals surface area contributed by atoms with Crippen molar-refractivity contribution in [2.75, 3.05) is 11.5 Å². The predicted molar refractivity (Wildman–Crippen MR) is 53.1 cm³/mol. The quantitative estimate of drug-likeness (QED) is 0.570. The second-order valence-electron chi connectivity index (χ2n) is 4.09. The molecule has 0 aromatic heterocycles. The Morgan fingerprint density at radius 3 is 2.45 bits per heavy atom. The van der Waals surface area contributed by atoms with Gasteiger partial charge in [-0.2, -0.15) is 0 Å². The van der Waals surface area contributed by atoms with E-state index in [1.807, 2.05) is 0 Å². The van der Waals surface area contributed by atoms with Gasteiger partial charge in [-0.05, 0) is 31.1 Å². The minimum Gasteiger partial charge on any atom is -0.143 e. The fourth-order valence-electron chi connectivity index (χ4n) is 3.05. The molecule has 1 heterocycles. The molecule has 3 aliphatic rings. The second kappa shape index (κ2) is 2.35. The monoisotopic (exact) mass is 186 g/mol. The minimum atomic E-state index is 0.739. The van der Waals surface area contributed by atoms with Gasteiger partial charge in [0.05, 0.1) is 4.08 Å². The van der Waals surface area contributed by atoms with Crippen molar-refractivity contribution in [3.63, 3.8) is 0 Å². The van der Waals surface area contributed by atoms with Crippen LogP contribution in [0.25, 0.3) is 0 Å². The molecule has 0 radical (unpaired) electrons. The summed E-state index contributed by atoms with van der Waals surface area (Å²) in [5, 5.41) is 0. The fraction of sp³-hybridized carbons (Fsp3) is 1.00. The van der Waals surface area contributed by atoms with Crippen LogP contribution in [-0.2, 0) is 0 Å². The molecule has 0 nitrogen and oxygen atoms in total. The molecule has 2 atom stereocenters. The topological polar surface area (TPSA) is 0 Å². The molecule has 2 bridgehead atoms. The Balaban J connectivity index is 1.88. The van der Waals surface area contributed by atoms with E-state index in [2.05, 4.69) is 23.5 Å². The Kier molecular flexibility index (Phi) is 1.52. The summed E-state index contributed by atoms with van der Waals surface area (Å²) in [6.45, 7) is 0. The van der Waals surface area contributed by atoms with Crippen LogP contribution in [0.5, 0.6) is 0 Å². The highest BCUT2D eigenvalue weighted by atomic mass is 32.2. The van der Waals surface area contributed by atoms with E-state index in [4.69, 9.17) is 0 Å². The highest BCUT2D eigenvalue weighted by Gasteiger charge is 2.53. The summed E-state index contributed by atoms with van der Waals surface area (Å²) in [5.41, 5.74) is 0. The van der Waals surface area contributed by atoms with Gasteiger partial charge in [-0.15, -0.1) is 23.5 Å². The summed E-state index contributed by atoms with van der Waals surface area (Å²) < 4.78 is 0.739. The van der Waals surface area contributed by atoms with E-state index in [0.717, 1.165) is 15.9 Å². The molecule has 11 heavy (non-hydrogen) atoms. The maximum atomic E-state index is 2.28. The van der Waals surface area contributed by atoms with Crippen LogP contribution in [0.15, 0.2) is 0 Å². The molecule has 1 aliphatic heterocycles. The van der Waals surface area contributed by atoms with Crippen molar-refractivity contribution < 1.29 is 0 Å². The molecule has 2 unspecified atom stereocenters. The molecule has 2 aliphatic carbocycles. The zero-order chi connectivity index (χ0) is 7.31. The number of hydrogen-bond donors (Lipinski definition) is 0. The SMILES string of the molecule is C1CSC2(CC3CCC2C3)S1. The molecule has 0 aromatic rings. The first-order chi connectivity index (χ1) is 5.39.